The lowest BCUT2D eigenvalue weighted by Gasteiger charge is -2.04. The molecule has 3 N–H and O–H groups in total. The summed E-state index contributed by atoms with van der Waals surface area (Å²) in [5.74, 6) is 0.833. The number of pyridine rings is 1. The molecule has 0 aliphatic heterocycles. The average molecular weight is 205 g/mol. The van der Waals surface area contributed by atoms with E-state index in [2.05, 4.69) is 10.3 Å². The van der Waals surface area contributed by atoms with Crippen molar-refractivity contribution in [1.82, 2.24) is 4.98 Å². The molecule has 0 aromatic carbocycles. The van der Waals surface area contributed by atoms with Gasteiger partial charge in [-0.15, -0.1) is 11.3 Å². The highest BCUT2D eigenvalue weighted by Gasteiger charge is 1.99. The first-order valence-corrected chi connectivity index (χ1v) is 5.16. The smallest absolute Gasteiger partial charge is 0.131 e. The fourth-order valence-electron chi connectivity index (χ4n) is 1.11. The van der Waals surface area contributed by atoms with Crippen molar-refractivity contribution in [2.45, 2.75) is 6.92 Å². The number of thiophene rings is 1. The van der Waals surface area contributed by atoms with Gasteiger partial charge in [-0.2, -0.15) is 0 Å². The summed E-state index contributed by atoms with van der Waals surface area (Å²) < 4.78 is 0. The zero-order chi connectivity index (χ0) is 9.97. The number of anilines is 3. The molecule has 0 radical (unpaired) electrons. The second kappa shape index (κ2) is 3.67. The molecule has 2 rings (SSSR count). The molecule has 0 unspecified atom stereocenters. The molecule has 0 aliphatic rings. The lowest BCUT2D eigenvalue weighted by atomic mass is 10.2. The van der Waals surface area contributed by atoms with Gasteiger partial charge in [-0.3, -0.25) is 0 Å². The first kappa shape index (κ1) is 9.02. The number of aryl methyl sites for hydroxylation is 1. The highest BCUT2D eigenvalue weighted by molar-refractivity contribution is 7.14. The third-order valence-electron chi connectivity index (χ3n) is 1.92. The maximum absolute atomic E-state index is 5.67. The van der Waals surface area contributed by atoms with E-state index in [1.165, 1.54) is 0 Å². The number of rotatable bonds is 2. The van der Waals surface area contributed by atoms with Crippen LogP contribution in [0.2, 0.25) is 0 Å². The summed E-state index contributed by atoms with van der Waals surface area (Å²) in [6.07, 6.45) is 1.67. The molecular formula is C10H11N3S. The van der Waals surface area contributed by atoms with E-state index in [-0.39, 0.29) is 0 Å². The van der Waals surface area contributed by atoms with Gasteiger partial charge in [-0.1, -0.05) is 0 Å². The van der Waals surface area contributed by atoms with Gasteiger partial charge in [0.15, 0.2) is 0 Å². The van der Waals surface area contributed by atoms with Gasteiger partial charge in [0.05, 0.1) is 16.9 Å². The Labute approximate surface area is 86.6 Å². The molecule has 0 fully saturated rings. The summed E-state index contributed by atoms with van der Waals surface area (Å²) in [4.78, 5) is 4.18. The molecule has 2 heterocycles. The van der Waals surface area contributed by atoms with Gasteiger partial charge < -0.3 is 11.1 Å². The number of aromatic nitrogens is 1. The predicted molar refractivity (Wildman–Crippen MR) is 61.0 cm³/mol. The van der Waals surface area contributed by atoms with Crippen LogP contribution in [0.5, 0.6) is 0 Å². The van der Waals surface area contributed by atoms with Gasteiger partial charge in [0.1, 0.15) is 5.82 Å². The van der Waals surface area contributed by atoms with Crippen molar-refractivity contribution < 1.29 is 0 Å². The van der Waals surface area contributed by atoms with E-state index >= 15 is 0 Å². The quantitative estimate of drug-likeness (QED) is 0.792. The minimum absolute atomic E-state index is 0.724. The first-order chi connectivity index (χ1) is 6.75. The number of hydrogen-bond donors (Lipinski definition) is 2. The molecule has 0 atom stereocenters. The first-order valence-electron chi connectivity index (χ1n) is 4.28. The summed E-state index contributed by atoms with van der Waals surface area (Å²) in [5, 5.41) is 6.31. The van der Waals surface area contributed by atoms with Crippen LogP contribution >= 0.6 is 11.3 Å². The van der Waals surface area contributed by atoms with Crippen LogP contribution in [-0.4, -0.2) is 4.98 Å². The summed E-state index contributed by atoms with van der Waals surface area (Å²) in [6, 6.07) is 5.95. The van der Waals surface area contributed by atoms with Crippen molar-refractivity contribution in [3.05, 3.63) is 35.3 Å². The van der Waals surface area contributed by atoms with Gasteiger partial charge in [-0.25, -0.2) is 4.98 Å². The van der Waals surface area contributed by atoms with Gasteiger partial charge in [-0.05, 0) is 36.1 Å². The van der Waals surface area contributed by atoms with E-state index in [0.717, 1.165) is 22.1 Å². The Balaban J connectivity index is 2.22. The molecule has 2 aromatic heterocycles. The van der Waals surface area contributed by atoms with E-state index in [1.807, 2.05) is 30.5 Å². The molecular weight excluding hydrogens is 194 g/mol. The summed E-state index contributed by atoms with van der Waals surface area (Å²) in [5.41, 5.74) is 7.44. The number of hydrogen-bond acceptors (Lipinski definition) is 4. The molecule has 72 valence electrons. The molecule has 0 saturated carbocycles. The Kier molecular flexibility index (Phi) is 2.37. The third kappa shape index (κ3) is 1.85. The highest BCUT2D eigenvalue weighted by Crippen LogP contribution is 2.21. The van der Waals surface area contributed by atoms with E-state index in [1.54, 1.807) is 17.5 Å². The van der Waals surface area contributed by atoms with Crippen molar-refractivity contribution in [2.75, 3.05) is 11.1 Å². The topological polar surface area (TPSA) is 50.9 Å². The Morgan fingerprint density at radius 2 is 2.36 bits per heavy atom. The van der Waals surface area contributed by atoms with Crippen molar-refractivity contribution in [3.63, 3.8) is 0 Å². The number of nitrogen functional groups attached to an aromatic ring is 1. The Morgan fingerprint density at radius 3 is 3.00 bits per heavy atom. The molecule has 0 aliphatic carbocycles. The van der Waals surface area contributed by atoms with Crippen molar-refractivity contribution in [1.29, 1.82) is 0 Å². The lowest BCUT2D eigenvalue weighted by Crippen LogP contribution is -1.95. The summed E-state index contributed by atoms with van der Waals surface area (Å²) >= 11 is 1.65. The fraction of sp³-hybridized carbons (Fsp3) is 0.100. The van der Waals surface area contributed by atoms with Crippen molar-refractivity contribution in [2.24, 2.45) is 0 Å². The SMILES string of the molecule is Cc1cc(Nc2cccs2)ncc1N. The largest absolute Gasteiger partial charge is 0.397 e. The van der Waals surface area contributed by atoms with Crippen molar-refractivity contribution >= 4 is 27.8 Å². The minimum Gasteiger partial charge on any atom is -0.397 e. The molecule has 0 saturated heterocycles. The van der Waals surface area contributed by atoms with Gasteiger partial charge in [0.25, 0.3) is 0 Å². The van der Waals surface area contributed by atoms with E-state index in [9.17, 15) is 0 Å². The normalized spacial score (nSPS) is 10.1. The van der Waals surface area contributed by atoms with Crippen LogP contribution in [0.4, 0.5) is 16.5 Å². The second-order valence-electron chi connectivity index (χ2n) is 3.03. The molecule has 3 nitrogen and oxygen atoms in total. The maximum atomic E-state index is 5.67. The third-order valence-corrected chi connectivity index (χ3v) is 2.71. The van der Waals surface area contributed by atoms with Gasteiger partial charge in [0, 0.05) is 0 Å². The van der Waals surface area contributed by atoms with Crippen LogP contribution in [0.1, 0.15) is 5.56 Å². The van der Waals surface area contributed by atoms with Crippen LogP contribution in [0, 0.1) is 6.92 Å². The lowest BCUT2D eigenvalue weighted by molar-refractivity contribution is 1.28. The molecule has 0 bridgehead atoms. The van der Waals surface area contributed by atoms with Gasteiger partial charge >= 0.3 is 0 Å². The predicted octanol–water partition coefficient (Wildman–Crippen LogP) is 2.78. The van der Waals surface area contributed by atoms with Crippen molar-refractivity contribution in [3.8, 4) is 0 Å². The molecule has 0 spiro atoms. The number of nitrogens with two attached hydrogens (primary N) is 1. The summed E-state index contributed by atoms with van der Waals surface area (Å²) in [6.45, 7) is 1.97. The van der Waals surface area contributed by atoms with Crippen LogP contribution in [0.15, 0.2) is 29.8 Å². The van der Waals surface area contributed by atoms with Crippen LogP contribution in [0.25, 0.3) is 0 Å². The number of nitrogens with one attached hydrogen (secondary N) is 1. The standard InChI is InChI=1S/C10H11N3S/c1-7-5-9(12-6-8(7)11)13-10-3-2-4-14-10/h2-6H,11H2,1H3,(H,12,13). The zero-order valence-electron chi connectivity index (χ0n) is 7.82. The Morgan fingerprint density at radius 1 is 1.50 bits per heavy atom. The van der Waals surface area contributed by atoms with Crippen LogP contribution in [0.3, 0.4) is 0 Å². The molecule has 14 heavy (non-hydrogen) atoms. The minimum atomic E-state index is 0.724. The monoisotopic (exact) mass is 205 g/mol. The fourth-order valence-corrected chi connectivity index (χ4v) is 1.74. The maximum Gasteiger partial charge on any atom is 0.131 e. The van der Waals surface area contributed by atoms with Crippen LogP contribution < -0.4 is 11.1 Å². The molecule has 0 amide bonds. The van der Waals surface area contributed by atoms with Gasteiger partial charge in [0.2, 0.25) is 0 Å². The van der Waals surface area contributed by atoms with E-state index in [4.69, 9.17) is 5.73 Å². The Hall–Kier alpha value is -1.55. The summed E-state index contributed by atoms with van der Waals surface area (Å²) in [7, 11) is 0. The van der Waals surface area contributed by atoms with Crippen LogP contribution in [-0.2, 0) is 0 Å². The molecule has 4 heteroatoms. The average Bonchev–Trinajstić information content (AvgIpc) is 2.64. The highest BCUT2D eigenvalue weighted by atomic mass is 32.1. The Bertz CT molecular complexity index is 423. The second-order valence-corrected chi connectivity index (χ2v) is 3.98. The van der Waals surface area contributed by atoms with E-state index < -0.39 is 0 Å². The van der Waals surface area contributed by atoms with E-state index in [0.29, 0.717) is 0 Å². The molecule has 2 aromatic rings. The zero-order valence-corrected chi connectivity index (χ0v) is 8.64. The number of nitrogens with zero attached hydrogens (tertiary/aromatic N) is 1.